The van der Waals surface area contributed by atoms with E-state index in [-0.39, 0.29) is 32.7 Å². The molecule has 0 amide bonds. The number of rotatable bonds is 5. The molecule has 2 heterocycles. The predicted octanol–water partition coefficient (Wildman–Crippen LogP) is 2.32. The minimum atomic E-state index is -1.27. The van der Waals surface area contributed by atoms with Gasteiger partial charge in [-0.25, -0.2) is 4.79 Å². The number of fused-ring (bicyclic) bond motifs is 1. The third-order valence-electron chi connectivity index (χ3n) is 4.59. The summed E-state index contributed by atoms with van der Waals surface area (Å²) in [5, 5.41) is 11.0. The minimum Gasteiger partial charge on any atom is -0.506 e. The first-order valence-corrected chi connectivity index (χ1v) is 8.96. The van der Waals surface area contributed by atoms with E-state index < -0.39 is 41.0 Å². The number of benzene rings is 1. The van der Waals surface area contributed by atoms with Crippen molar-refractivity contribution in [1.82, 2.24) is 4.98 Å². The fourth-order valence-electron chi connectivity index (χ4n) is 3.10. The van der Waals surface area contributed by atoms with Gasteiger partial charge in [0.1, 0.15) is 16.9 Å². The lowest BCUT2D eigenvalue weighted by Gasteiger charge is -2.17. The molecule has 0 aliphatic heterocycles. The molecule has 3 rings (SSSR count). The van der Waals surface area contributed by atoms with E-state index in [1.54, 1.807) is 0 Å². The first-order valence-electron chi connectivity index (χ1n) is 8.59. The van der Waals surface area contributed by atoms with Crippen molar-refractivity contribution in [2.24, 2.45) is 0 Å². The van der Waals surface area contributed by atoms with Gasteiger partial charge in [0.25, 0.3) is 5.56 Å². The van der Waals surface area contributed by atoms with Crippen LogP contribution in [0.1, 0.15) is 33.8 Å². The highest BCUT2D eigenvalue weighted by Gasteiger charge is 2.30. The number of aromatic nitrogens is 1. The second kappa shape index (κ2) is 8.42. The molecule has 9 nitrogen and oxygen atoms in total. The third-order valence-corrected chi connectivity index (χ3v) is 4.83. The molecular formula is C20H16ClNO8. The SMILES string of the molecule is COC(=O)CC(c1c(O)c(C(=O)OC)c[nH]c1=O)c1coc2ccc(Cl)cc2c1=O. The minimum absolute atomic E-state index is 0.0991. The molecule has 2 aromatic heterocycles. The number of H-pyrrole nitrogens is 1. The van der Waals surface area contributed by atoms with Crippen molar-refractivity contribution >= 4 is 34.5 Å². The summed E-state index contributed by atoms with van der Waals surface area (Å²) in [5.41, 5.74) is -1.94. The Kier molecular flexibility index (Phi) is 5.93. The van der Waals surface area contributed by atoms with Gasteiger partial charge in [0.2, 0.25) is 0 Å². The third kappa shape index (κ3) is 3.79. The fraction of sp³-hybridized carbons (Fsp3) is 0.200. The normalized spacial score (nSPS) is 11.8. The molecule has 0 radical (unpaired) electrons. The molecule has 0 bridgehead atoms. The summed E-state index contributed by atoms with van der Waals surface area (Å²) in [7, 11) is 2.23. The molecule has 10 heteroatoms. The molecule has 2 N–H and O–H groups in total. The summed E-state index contributed by atoms with van der Waals surface area (Å²) in [6.45, 7) is 0. The Bertz CT molecular complexity index is 1260. The Morgan fingerprint density at radius 2 is 1.97 bits per heavy atom. The second-order valence-electron chi connectivity index (χ2n) is 6.28. The Morgan fingerprint density at radius 3 is 2.63 bits per heavy atom. The lowest BCUT2D eigenvalue weighted by Crippen LogP contribution is -2.25. The van der Waals surface area contributed by atoms with Crippen molar-refractivity contribution < 1.29 is 28.6 Å². The second-order valence-corrected chi connectivity index (χ2v) is 6.72. The van der Waals surface area contributed by atoms with E-state index in [1.807, 2.05) is 0 Å². The highest BCUT2D eigenvalue weighted by Crippen LogP contribution is 2.33. The van der Waals surface area contributed by atoms with E-state index in [0.29, 0.717) is 0 Å². The Morgan fingerprint density at radius 1 is 1.23 bits per heavy atom. The monoisotopic (exact) mass is 433 g/mol. The Labute approximate surface area is 173 Å². The zero-order valence-electron chi connectivity index (χ0n) is 15.9. The number of esters is 2. The van der Waals surface area contributed by atoms with Crippen molar-refractivity contribution in [2.45, 2.75) is 12.3 Å². The molecule has 1 unspecified atom stereocenters. The van der Waals surface area contributed by atoms with Gasteiger partial charge in [-0.3, -0.25) is 14.4 Å². The van der Waals surface area contributed by atoms with Crippen molar-refractivity contribution in [1.29, 1.82) is 0 Å². The van der Waals surface area contributed by atoms with Crippen molar-refractivity contribution in [3.05, 3.63) is 72.9 Å². The molecule has 1 atom stereocenters. The molecule has 3 aromatic rings. The van der Waals surface area contributed by atoms with Gasteiger partial charge in [-0.1, -0.05) is 11.6 Å². The van der Waals surface area contributed by atoms with Crippen LogP contribution in [0.3, 0.4) is 0 Å². The fourth-order valence-corrected chi connectivity index (χ4v) is 3.27. The van der Waals surface area contributed by atoms with E-state index in [0.717, 1.165) is 26.7 Å². The average Bonchev–Trinajstić information content (AvgIpc) is 2.73. The van der Waals surface area contributed by atoms with Crippen LogP contribution in [-0.4, -0.2) is 36.2 Å². The molecule has 0 spiro atoms. The first-order chi connectivity index (χ1) is 14.3. The number of carbonyl (C=O) groups is 2. The van der Waals surface area contributed by atoms with Gasteiger partial charge in [-0.2, -0.15) is 0 Å². The van der Waals surface area contributed by atoms with Crippen LogP contribution in [0.2, 0.25) is 5.02 Å². The number of pyridine rings is 1. The smallest absolute Gasteiger partial charge is 0.343 e. The van der Waals surface area contributed by atoms with E-state index in [2.05, 4.69) is 14.5 Å². The maximum atomic E-state index is 13.1. The van der Waals surface area contributed by atoms with E-state index in [4.69, 9.17) is 16.0 Å². The number of hydrogen-bond acceptors (Lipinski definition) is 8. The van der Waals surface area contributed by atoms with Gasteiger partial charge in [0, 0.05) is 22.7 Å². The van der Waals surface area contributed by atoms with Crippen LogP contribution in [0.5, 0.6) is 5.75 Å². The predicted molar refractivity (Wildman–Crippen MR) is 106 cm³/mol. The first kappa shape index (κ1) is 21.1. The zero-order valence-corrected chi connectivity index (χ0v) is 16.6. The zero-order chi connectivity index (χ0) is 22.0. The summed E-state index contributed by atoms with van der Waals surface area (Å²) in [4.78, 5) is 51.9. The molecule has 0 aliphatic carbocycles. The van der Waals surface area contributed by atoms with Crippen molar-refractivity contribution in [3.8, 4) is 5.75 Å². The number of ether oxygens (including phenoxy) is 2. The molecular weight excluding hydrogens is 418 g/mol. The van der Waals surface area contributed by atoms with Crippen LogP contribution in [0, 0.1) is 0 Å². The summed E-state index contributed by atoms with van der Waals surface area (Å²) < 4.78 is 14.7. The largest absolute Gasteiger partial charge is 0.506 e. The van der Waals surface area contributed by atoms with Crippen LogP contribution >= 0.6 is 11.6 Å². The van der Waals surface area contributed by atoms with Gasteiger partial charge in [0.05, 0.1) is 37.9 Å². The Hall–Kier alpha value is -3.59. The van der Waals surface area contributed by atoms with Crippen molar-refractivity contribution in [3.63, 3.8) is 0 Å². The number of hydrogen-bond donors (Lipinski definition) is 2. The maximum absolute atomic E-state index is 13.1. The molecule has 0 saturated carbocycles. The number of aromatic hydroxyl groups is 1. The van der Waals surface area contributed by atoms with Gasteiger partial charge < -0.3 is 24.0 Å². The molecule has 0 saturated heterocycles. The van der Waals surface area contributed by atoms with E-state index in [1.165, 1.54) is 18.2 Å². The van der Waals surface area contributed by atoms with Crippen LogP contribution in [0.25, 0.3) is 11.0 Å². The number of halogens is 1. The van der Waals surface area contributed by atoms with Crippen LogP contribution in [0.4, 0.5) is 0 Å². The summed E-state index contributed by atoms with van der Waals surface area (Å²) in [5.74, 6) is -3.66. The quantitative estimate of drug-likeness (QED) is 0.585. The summed E-state index contributed by atoms with van der Waals surface area (Å²) in [6.07, 6.45) is 1.59. The van der Waals surface area contributed by atoms with Crippen molar-refractivity contribution in [2.75, 3.05) is 14.2 Å². The van der Waals surface area contributed by atoms with Gasteiger partial charge in [-0.15, -0.1) is 0 Å². The molecule has 30 heavy (non-hydrogen) atoms. The number of aromatic amines is 1. The van der Waals surface area contributed by atoms with Gasteiger partial charge >= 0.3 is 11.9 Å². The van der Waals surface area contributed by atoms with E-state index >= 15 is 0 Å². The maximum Gasteiger partial charge on any atom is 0.343 e. The van der Waals surface area contributed by atoms with Gasteiger partial charge in [-0.05, 0) is 18.2 Å². The lowest BCUT2D eigenvalue weighted by molar-refractivity contribution is -0.140. The summed E-state index contributed by atoms with van der Waals surface area (Å²) in [6, 6.07) is 4.42. The van der Waals surface area contributed by atoms with Crippen LogP contribution < -0.4 is 11.0 Å². The van der Waals surface area contributed by atoms with Crippen LogP contribution in [-0.2, 0) is 14.3 Å². The standard InChI is InChI=1S/C20H16ClNO8/c1-28-15(23)6-10(16-18(25)12(20(27)29-2)7-22-19(16)26)13-8-30-14-4-3-9(21)5-11(14)17(13)24/h3-5,7-8,10H,6H2,1-2H3,(H2,22,25,26). The average molecular weight is 434 g/mol. The molecule has 0 aliphatic rings. The molecule has 156 valence electrons. The van der Waals surface area contributed by atoms with E-state index in [9.17, 15) is 24.3 Å². The number of methoxy groups -OCH3 is 2. The summed E-state index contributed by atoms with van der Waals surface area (Å²) >= 11 is 5.97. The molecule has 1 aromatic carbocycles. The molecule has 0 fully saturated rings. The number of nitrogens with one attached hydrogen (secondary N) is 1. The van der Waals surface area contributed by atoms with Crippen LogP contribution in [0.15, 0.2) is 44.7 Å². The number of carbonyl (C=O) groups excluding carboxylic acids is 2. The highest BCUT2D eigenvalue weighted by molar-refractivity contribution is 6.31. The topological polar surface area (TPSA) is 136 Å². The van der Waals surface area contributed by atoms with Gasteiger partial charge in [0.15, 0.2) is 5.43 Å². The lowest BCUT2D eigenvalue weighted by atomic mass is 9.88. The highest BCUT2D eigenvalue weighted by atomic mass is 35.5. The Balaban J connectivity index is 2.31.